The van der Waals surface area contributed by atoms with Crippen LogP contribution in [0, 0.1) is 0 Å². The Bertz CT molecular complexity index is 595. The van der Waals surface area contributed by atoms with E-state index in [-0.39, 0.29) is 17.9 Å². The highest BCUT2D eigenvalue weighted by molar-refractivity contribution is 7.89. The second-order valence-electron chi connectivity index (χ2n) is 4.57. The number of rotatable bonds is 5. The number of sulfonamides is 1. The molecule has 0 atom stereocenters. The van der Waals surface area contributed by atoms with Crippen molar-refractivity contribution in [3.05, 3.63) is 35.9 Å². The Morgan fingerprint density at radius 1 is 1.35 bits per heavy atom. The van der Waals surface area contributed by atoms with E-state index in [1.54, 1.807) is 18.2 Å². The Balaban J connectivity index is 2.42. The molecule has 0 saturated heterocycles. The minimum absolute atomic E-state index is 0.102. The molecule has 1 aliphatic heterocycles. The summed E-state index contributed by atoms with van der Waals surface area (Å²) in [6, 6.07) is 4.86. The topological polar surface area (TPSA) is 66.8 Å². The van der Waals surface area contributed by atoms with Crippen LogP contribution in [0.2, 0.25) is 0 Å². The third-order valence-electron chi connectivity index (χ3n) is 3.29. The maximum absolute atomic E-state index is 12.7. The van der Waals surface area contributed by atoms with Crippen LogP contribution in [0.15, 0.2) is 35.2 Å². The molecule has 0 fully saturated rings. The summed E-state index contributed by atoms with van der Waals surface area (Å²) in [4.78, 5) is 0.252. The van der Waals surface area contributed by atoms with Crippen LogP contribution < -0.4 is 4.74 Å². The maximum atomic E-state index is 12.7. The van der Waals surface area contributed by atoms with Gasteiger partial charge in [0.25, 0.3) is 0 Å². The smallest absolute Gasteiger partial charge is 0.243 e. The quantitative estimate of drug-likeness (QED) is 0.829. The molecule has 1 aromatic carbocycles. The van der Waals surface area contributed by atoms with Gasteiger partial charge in [-0.1, -0.05) is 12.2 Å². The second kappa shape index (κ2) is 6.39. The fourth-order valence-corrected chi connectivity index (χ4v) is 3.87. The fraction of sp³-hybridized carbons (Fsp3) is 0.429. The van der Waals surface area contributed by atoms with Gasteiger partial charge in [0, 0.05) is 19.7 Å². The molecule has 0 spiro atoms. The van der Waals surface area contributed by atoms with Crippen molar-refractivity contribution in [1.82, 2.24) is 4.31 Å². The molecule has 20 heavy (non-hydrogen) atoms. The second-order valence-corrected chi connectivity index (χ2v) is 6.48. The van der Waals surface area contributed by atoms with Gasteiger partial charge in [0.1, 0.15) is 5.75 Å². The minimum Gasteiger partial charge on any atom is -0.497 e. The molecule has 5 nitrogen and oxygen atoms in total. The van der Waals surface area contributed by atoms with Gasteiger partial charge in [-0.2, -0.15) is 4.31 Å². The average Bonchev–Trinajstić information content (AvgIpc) is 2.48. The van der Waals surface area contributed by atoms with Gasteiger partial charge in [-0.25, -0.2) is 8.42 Å². The SMILES string of the molecule is COc1ccc(S(=O)(=O)N2CC=CCC2)c(CCO)c1. The van der Waals surface area contributed by atoms with Crippen LogP contribution in [0.25, 0.3) is 0 Å². The normalized spacial score (nSPS) is 16.3. The Kier molecular flexibility index (Phi) is 4.80. The molecule has 0 bridgehead atoms. The first-order chi connectivity index (χ1) is 9.59. The molecule has 1 aliphatic rings. The lowest BCUT2D eigenvalue weighted by Gasteiger charge is -2.24. The number of ether oxygens (including phenoxy) is 1. The van der Waals surface area contributed by atoms with E-state index in [1.807, 2.05) is 12.2 Å². The van der Waals surface area contributed by atoms with Crippen molar-refractivity contribution in [2.24, 2.45) is 0 Å². The lowest BCUT2D eigenvalue weighted by molar-refractivity contribution is 0.298. The van der Waals surface area contributed by atoms with Gasteiger partial charge < -0.3 is 9.84 Å². The highest BCUT2D eigenvalue weighted by Crippen LogP contribution is 2.26. The molecular weight excluding hydrogens is 278 g/mol. The molecule has 0 aliphatic carbocycles. The molecule has 0 amide bonds. The molecule has 0 saturated carbocycles. The van der Waals surface area contributed by atoms with Gasteiger partial charge in [0.05, 0.1) is 12.0 Å². The zero-order valence-electron chi connectivity index (χ0n) is 11.4. The summed E-state index contributed by atoms with van der Waals surface area (Å²) in [5.74, 6) is 0.589. The number of hydrogen-bond acceptors (Lipinski definition) is 4. The third kappa shape index (κ3) is 3.03. The van der Waals surface area contributed by atoms with Crippen LogP contribution in [0.1, 0.15) is 12.0 Å². The van der Waals surface area contributed by atoms with E-state index >= 15 is 0 Å². The predicted octanol–water partition coefficient (Wildman–Crippen LogP) is 1.18. The van der Waals surface area contributed by atoms with Crippen molar-refractivity contribution in [3.8, 4) is 5.75 Å². The number of hydrogen-bond donors (Lipinski definition) is 1. The van der Waals surface area contributed by atoms with Crippen LogP contribution in [-0.2, 0) is 16.4 Å². The van der Waals surface area contributed by atoms with Crippen LogP contribution in [0.4, 0.5) is 0 Å². The first-order valence-corrected chi connectivity index (χ1v) is 7.96. The molecular formula is C14H19NO4S. The number of aliphatic hydroxyl groups excluding tert-OH is 1. The summed E-state index contributed by atoms with van der Waals surface area (Å²) >= 11 is 0. The Hall–Kier alpha value is -1.37. The molecule has 1 heterocycles. The van der Waals surface area contributed by atoms with Gasteiger partial charge in [0.15, 0.2) is 0 Å². The molecule has 6 heteroatoms. The zero-order chi connectivity index (χ0) is 14.6. The van der Waals surface area contributed by atoms with Gasteiger partial charge in [0.2, 0.25) is 10.0 Å². The summed E-state index contributed by atoms with van der Waals surface area (Å²) in [5, 5.41) is 9.12. The number of aliphatic hydroxyl groups is 1. The summed E-state index contributed by atoms with van der Waals surface area (Å²) in [6.45, 7) is 0.784. The average molecular weight is 297 g/mol. The Morgan fingerprint density at radius 3 is 2.75 bits per heavy atom. The zero-order valence-corrected chi connectivity index (χ0v) is 12.3. The van der Waals surface area contributed by atoms with E-state index in [2.05, 4.69) is 0 Å². The number of methoxy groups -OCH3 is 1. The van der Waals surface area contributed by atoms with Crippen LogP contribution in [0.3, 0.4) is 0 Å². The van der Waals surface area contributed by atoms with E-state index in [0.717, 1.165) is 6.42 Å². The van der Waals surface area contributed by atoms with Crippen molar-refractivity contribution < 1.29 is 18.3 Å². The van der Waals surface area contributed by atoms with Gasteiger partial charge >= 0.3 is 0 Å². The van der Waals surface area contributed by atoms with Gasteiger partial charge in [-0.3, -0.25) is 0 Å². The lowest BCUT2D eigenvalue weighted by atomic mass is 10.1. The molecule has 1 N–H and O–H groups in total. The van der Waals surface area contributed by atoms with E-state index in [4.69, 9.17) is 9.84 Å². The summed E-state index contributed by atoms with van der Waals surface area (Å²) in [6.07, 6.45) is 4.85. The highest BCUT2D eigenvalue weighted by Gasteiger charge is 2.26. The number of nitrogens with zero attached hydrogens (tertiary/aromatic N) is 1. The van der Waals surface area contributed by atoms with Crippen molar-refractivity contribution in [3.63, 3.8) is 0 Å². The maximum Gasteiger partial charge on any atom is 0.243 e. The van der Waals surface area contributed by atoms with Crippen LogP contribution in [0.5, 0.6) is 5.75 Å². The first kappa shape index (κ1) is 15.0. The van der Waals surface area contributed by atoms with Crippen LogP contribution in [-0.4, -0.2) is 44.6 Å². The Labute approximate surface area is 119 Å². The largest absolute Gasteiger partial charge is 0.497 e. The van der Waals surface area contributed by atoms with E-state index < -0.39 is 10.0 Å². The summed E-state index contributed by atoms with van der Waals surface area (Å²) in [5.41, 5.74) is 0.585. The van der Waals surface area contributed by atoms with Crippen molar-refractivity contribution in [2.75, 3.05) is 26.8 Å². The van der Waals surface area contributed by atoms with E-state index in [0.29, 0.717) is 24.4 Å². The molecule has 1 aromatic rings. The van der Waals surface area contributed by atoms with Gasteiger partial charge in [-0.15, -0.1) is 0 Å². The third-order valence-corrected chi connectivity index (χ3v) is 5.25. The van der Waals surface area contributed by atoms with Gasteiger partial charge in [-0.05, 0) is 36.6 Å². The molecule has 2 rings (SSSR count). The van der Waals surface area contributed by atoms with Crippen molar-refractivity contribution in [2.45, 2.75) is 17.7 Å². The van der Waals surface area contributed by atoms with Crippen LogP contribution >= 0.6 is 0 Å². The molecule has 0 aromatic heterocycles. The minimum atomic E-state index is -3.52. The highest BCUT2D eigenvalue weighted by atomic mass is 32.2. The van der Waals surface area contributed by atoms with Crippen molar-refractivity contribution in [1.29, 1.82) is 0 Å². The molecule has 0 radical (unpaired) electrons. The number of benzene rings is 1. The predicted molar refractivity (Wildman–Crippen MR) is 76.3 cm³/mol. The lowest BCUT2D eigenvalue weighted by Crippen LogP contribution is -2.34. The van der Waals surface area contributed by atoms with E-state index in [9.17, 15) is 8.42 Å². The summed E-state index contributed by atoms with van der Waals surface area (Å²) in [7, 11) is -2.00. The molecule has 110 valence electrons. The van der Waals surface area contributed by atoms with E-state index in [1.165, 1.54) is 11.4 Å². The standard InChI is InChI=1S/C14H19NO4S/c1-19-13-5-6-14(12(11-13)7-10-16)20(17,18)15-8-3-2-4-9-15/h2-3,5-6,11,16H,4,7-10H2,1H3. The van der Waals surface area contributed by atoms with Crippen molar-refractivity contribution >= 4 is 10.0 Å². The Morgan fingerprint density at radius 2 is 2.15 bits per heavy atom. The molecule has 0 unspecified atom stereocenters. The fourth-order valence-electron chi connectivity index (χ4n) is 2.23. The summed E-state index contributed by atoms with van der Waals surface area (Å²) < 4.78 is 31.9. The first-order valence-electron chi connectivity index (χ1n) is 6.52. The monoisotopic (exact) mass is 297 g/mol.